The standard InChI is InChI=1S/C23H24FN3O2S/c1-14(2)30-11-10-27-23(16-4-7-18(24)8-5-16)22(15(3)26-27)17-6-9-20-19(12-17)25-21(28)13-29-20/h4-9,12,14H,10-11,13H2,1-3H3,(H,25,28). The summed E-state index contributed by atoms with van der Waals surface area (Å²) in [6, 6.07) is 12.3. The van der Waals surface area contributed by atoms with Gasteiger partial charge in [0.2, 0.25) is 0 Å². The molecule has 0 saturated carbocycles. The van der Waals surface area contributed by atoms with Crippen LogP contribution in [-0.2, 0) is 11.3 Å². The molecule has 7 heteroatoms. The van der Waals surface area contributed by atoms with Crippen LogP contribution in [0, 0.1) is 12.7 Å². The number of ether oxygens (including phenoxy) is 1. The molecule has 0 saturated heterocycles. The van der Waals surface area contributed by atoms with Crippen molar-refractivity contribution in [3.63, 3.8) is 0 Å². The first kappa shape index (κ1) is 20.5. The lowest BCUT2D eigenvalue weighted by Crippen LogP contribution is -2.25. The van der Waals surface area contributed by atoms with Crippen molar-refractivity contribution in [2.45, 2.75) is 32.6 Å². The third-order valence-electron chi connectivity index (χ3n) is 4.90. The lowest BCUT2D eigenvalue weighted by Gasteiger charge is -2.19. The van der Waals surface area contributed by atoms with Gasteiger partial charge in [-0.05, 0) is 54.1 Å². The van der Waals surface area contributed by atoms with Gasteiger partial charge in [0, 0.05) is 16.9 Å². The topological polar surface area (TPSA) is 56.2 Å². The Hall–Kier alpha value is -2.80. The maximum Gasteiger partial charge on any atom is 0.262 e. The van der Waals surface area contributed by atoms with Gasteiger partial charge >= 0.3 is 0 Å². The van der Waals surface area contributed by atoms with Crippen LogP contribution in [0.15, 0.2) is 42.5 Å². The van der Waals surface area contributed by atoms with E-state index in [1.165, 1.54) is 12.1 Å². The summed E-state index contributed by atoms with van der Waals surface area (Å²) in [6.45, 7) is 7.10. The number of nitrogens with zero attached hydrogens (tertiary/aromatic N) is 2. The number of anilines is 1. The molecule has 30 heavy (non-hydrogen) atoms. The minimum absolute atomic E-state index is 0.0255. The van der Waals surface area contributed by atoms with Gasteiger partial charge in [-0.2, -0.15) is 16.9 Å². The number of nitrogens with one attached hydrogen (secondary N) is 1. The second kappa shape index (κ2) is 8.52. The summed E-state index contributed by atoms with van der Waals surface area (Å²) in [5.74, 6) is 1.14. The molecule has 156 valence electrons. The molecular weight excluding hydrogens is 401 g/mol. The van der Waals surface area contributed by atoms with Crippen molar-refractivity contribution in [3.8, 4) is 28.1 Å². The number of hydrogen-bond acceptors (Lipinski definition) is 4. The summed E-state index contributed by atoms with van der Waals surface area (Å²) in [5.41, 5.74) is 5.28. The number of aromatic nitrogens is 2. The van der Waals surface area contributed by atoms with Gasteiger partial charge in [-0.3, -0.25) is 9.48 Å². The molecule has 2 heterocycles. The SMILES string of the molecule is Cc1nn(CCSC(C)C)c(-c2ccc(F)cc2)c1-c1ccc2c(c1)NC(=O)CO2. The number of carbonyl (C=O) groups is 1. The van der Waals surface area contributed by atoms with Gasteiger partial charge in [0.25, 0.3) is 5.91 Å². The highest BCUT2D eigenvalue weighted by atomic mass is 32.2. The minimum atomic E-state index is -0.271. The third-order valence-corrected chi connectivity index (χ3v) is 5.99. The second-order valence-corrected chi connectivity index (χ2v) is 9.19. The minimum Gasteiger partial charge on any atom is -0.482 e. The molecule has 0 unspecified atom stereocenters. The number of carbonyl (C=O) groups excluding carboxylic acids is 1. The molecule has 1 aliphatic heterocycles. The Kier molecular flexibility index (Phi) is 5.81. The zero-order valence-electron chi connectivity index (χ0n) is 17.2. The Morgan fingerprint density at radius 3 is 2.67 bits per heavy atom. The van der Waals surface area contributed by atoms with Gasteiger partial charge in [-0.25, -0.2) is 4.39 Å². The predicted molar refractivity (Wildman–Crippen MR) is 120 cm³/mol. The zero-order valence-corrected chi connectivity index (χ0v) is 18.1. The van der Waals surface area contributed by atoms with Crippen molar-refractivity contribution >= 4 is 23.4 Å². The van der Waals surface area contributed by atoms with Crippen molar-refractivity contribution in [3.05, 3.63) is 54.0 Å². The summed E-state index contributed by atoms with van der Waals surface area (Å²) in [6.07, 6.45) is 0. The van der Waals surface area contributed by atoms with Crippen LogP contribution in [0.25, 0.3) is 22.4 Å². The van der Waals surface area contributed by atoms with E-state index in [1.54, 1.807) is 12.1 Å². The molecule has 1 N–H and O–H groups in total. The van der Waals surface area contributed by atoms with Crippen molar-refractivity contribution in [1.82, 2.24) is 9.78 Å². The molecule has 0 bridgehead atoms. The van der Waals surface area contributed by atoms with E-state index in [-0.39, 0.29) is 18.3 Å². The number of benzene rings is 2. The zero-order chi connectivity index (χ0) is 21.3. The Bertz CT molecular complexity index is 1080. The fraction of sp³-hybridized carbons (Fsp3) is 0.304. The van der Waals surface area contributed by atoms with E-state index < -0.39 is 0 Å². The van der Waals surface area contributed by atoms with Crippen LogP contribution in [0.5, 0.6) is 5.75 Å². The monoisotopic (exact) mass is 425 g/mol. The molecule has 0 radical (unpaired) electrons. The number of thioether (sulfide) groups is 1. The molecule has 5 nitrogen and oxygen atoms in total. The smallest absolute Gasteiger partial charge is 0.262 e. The van der Waals surface area contributed by atoms with Crippen molar-refractivity contribution in [1.29, 1.82) is 0 Å². The van der Waals surface area contributed by atoms with Gasteiger partial charge < -0.3 is 10.1 Å². The van der Waals surface area contributed by atoms with Gasteiger partial charge in [0.15, 0.2) is 6.61 Å². The highest BCUT2D eigenvalue weighted by Crippen LogP contribution is 2.39. The molecule has 0 fully saturated rings. The summed E-state index contributed by atoms with van der Waals surface area (Å²) in [5, 5.41) is 8.21. The Morgan fingerprint density at radius 2 is 1.93 bits per heavy atom. The maximum atomic E-state index is 13.6. The molecule has 0 spiro atoms. The van der Waals surface area contributed by atoms with Gasteiger partial charge in [-0.15, -0.1) is 0 Å². The molecule has 3 aromatic rings. The van der Waals surface area contributed by atoms with E-state index in [0.29, 0.717) is 16.7 Å². The van der Waals surface area contributed by atoms with E-state index in [1.807, 2.05) is 41.6 Å². The van der Waals surface area contributed by atoms with Gasteiger partial charge in [0.05, 0.1) is 23.6 Å². The number of aryl methyl sites for hydroxylation is 2. The van der Waals surface area contributed by atoms with E-state index in [4.69, 9.17) is 9.84 Å². The number of halogens is 1. The summed E-state index contributed by atoms with van der Waals surface area (Å²) in [4.78, 5) is 11.7. The molecule has 0 atom stereocenters. The van der Waals surface area contributed by atoms with Crippen LogP contribution < -0.4 is 10.1 Å². The fourth-order valence-corrected chi connectivity index (χ4v) is 4.35. The van der Waals surface area contributed by atoms with E-state index in [9.17, 15) is 9.18 Å². The lowest BCUT2D eigenvalue weighted by atomic mass is 9.98. The number of rotatable bonds is 6. The first-order chi connectivity index (χ1) is 14.4. The Labute approximate surface area is 179 Å². The summed E-state index contributed by atoms with van der Waals surface area (Å²) >= 11 is 1.88. The average molecular weight is 426 g/mol. The molecule has 0 aliphatic carbocycles. The molecule has 4 rings (SSSR count). The van der Waals surface area contributed by atoms with Crippen LogP contribution >= 0.6 is 11.8 Å². The first-order valence-electron chi connectivity index (χ1n) is 9.94. The quantitative estimate of drug-likeness (QED) is 0.594. The second-order valence-electron chi connectivity index (χ2n) is 7.51. The third kappa shape index (κ3) is 4.21. The summed E-state index contributed by atoms with van der Waals surface area (Å²) in [7, 11) is 0. The van der Waals surface area contributed by atoms with E-state index >= 15 is 0 Å². The Balaban J connectivity index is 1.81. The van der Waals surface area contributed by atoms with Crippen LogP contribution in [0.4, 0.5) is 10.1 Å². The molecule has 1 aliphatic rings. The molecule has 1 amide bonds. The normalized spacial score (nSPS) is 13.2. The van der Waals surface area contributed by atoms with Crippen molar-refractivity contribution in [2.24, 2.45) is 0 Å². The predicted octanol–water partition coefficient (Wildman–Crippen LogP) is 5.14. The molecule has 1 aromatic heterocycles. The van der Waals surface area contributed by atoms with Crippen LogP contribution in [0.1, 0.15) is 19.5 Å². The largest absolute Gasteiger partial charge is 0.482 e. The average Bonchev–Trinajstić information content (AvgIpc) is 3.03. The maximum absolute atomic E-state index is 13.6. The fourth-order valence-electron chi connectivity index (χ4n) is 3.60. The highest BCUT2D eigenvalue weighted by molar-refractivity contribution is 7.99. The molecule has 2 aromatic carbocycles. The first-order valence-corrected chi connectivity index (χ1v) is 11.0. The number of amides is 1. The summed E-state index contributed by atoms with van der Waals surface area (Å²) < 4.78 is 21.1. The number of fused-ring (bicyclic) bond motifs is 1. The van der Waals surface area contributed by atoms with Gasteiger partial charge in [0.1, 0.15) is 11.6 Å². The number of hydrogen-bond donors (Lipinski definition) is 1. The molecular formula is C23H24FN3O2S. The van der Waals surface area contributed by atoms with Crippen molar-refractivity contribution in [2.75, 3.05) is 17.7 Å². The lowest BCUT2D eigenvalue weighted by molar-refractivity contribution is -0.118. The van der Waals surface area contributed by atoms with E-state index in [2.05, 4.69) is 19.2 Å². The van der Waals surface area contributed by atoms with Crippen LogP contribution in [0.2, 0.25) is 0 Å². The Morgan fingerprint density at radius 1 is 1.20 bits per heavy atom. The van der Waals surface area contributed by atoms with Crippen LogP contribution in [0.3, 0.4) is 0 Å². The van der Waals surface area contributed by atoms with Crippen molar-refractivity contribution < 1.29 is 13.9 Å². The van der Waals surface area contributed by atoms with Crippen LogP contribution in [-0.4, -0.2) is 33.3 Å². The van der Waals surface area contributed by atoms with E-state index in [0.717, 1.165) is 40.4 Å². The van der Waals surface area contributed by atoms with Gasteiger partial charge in [-0.1, -0.05) is 19.9 Å². The highest BCUT2D eigenvalue weighted by Gasteiger charge is 2.22.